The van der Waals surface area contributed by atoms with Gasteiger partial charge in [0.25, 0.3) is 11.8 Å². The smallest absolute Gasteiger partial charge is 0.254 e. The first kappa shape index (κ1) is 21.7. The molecular formula is C25H29N3O5. The van der Waals surface area contributed by atoms with E-state index in [-0.39, 0.29) is 24.7 Å². The average Bonchev–Trinajstić information content (AvgIpc) is 3.32. The third-order valence-electron chi connectivity index (χ3n) is 6.47. The number of aryl methyl sites for hydroxylation is 1. The number of hydrogen-bond acceptors (Lipinski definition) is 6. The molecule has 2 aromatic rings. The number of piperazine rings is 1. The molecule has 33 heavy (non-hydrogen) atoms. The summed E-state index contributed by atoms with van der Waals surface area (Å²) in [6, 6.07) is 13.0. The summed E-state index contributed by atoms with van der Waals surface area (Å²) in [6.45, 7) is 7.59. The Morgan fingerprint density at radius 1 is 0.848 bits per heavy atom. The summed E-state index contributed by atoms with van der Waals surface area (Å²) < 4.78 is 16.7. The highest BCUT2D eigenvalue weighted by molar-refractivity contribution is 5.95. The van der Waals surface area contributed by atoms with Gasteiger partial charge in [0.2, 0.25) is 6.79 Å². The topological polar surface area (TPSA) is 71.6 Å². The van der Waals surface area contributed by atoms with Crippen LogP contribution in [0.3, 0.4) is 0 Å². The van der Waals surface area contributed by atoms with Crippen molar-refractivity contribution >= 4 is 11.8 Å². The van der Waals surface area contributed by atoms with Crippen molar-refractivity contribution < 1.29 is 23.8 Å². The third-order valence-corrected chi connectivity index (χ3v) is 6.47. The molecule has 0 unspecified atom stereocenters. The Bertz CT molecular complexity index is 1020. The number of carbonyl (C=O) groups excluding carboxylic acids is 2. The van der Waals surface area contributed by atoms with Crippen molar-refractivity contribution in [2.75, 3.05) is 59.2 Å². The molecule has 8 nitrogen and oxygen atoms in total. The highest BCUT2D eigenvalue weighted by Gasteiger charge is 2.29. The Hall–Kier alpha value is -3.10. The van der Waals surface area contributed by atoms with Crippen molar-refractivity contribution in [1.29, 1.82) is 0 Å². The summed E-state index contributed by atoms with van der Waals surface area (Å²) in [5.41, 5.74) is 2.49. The maximum absolute atomic E-state index is 13.0. The fourth-order valence-electron chi connectivity index (χ4n) is 4.53. The minimum atomic E-state index is -0.0453. The number of hydrogen-bond donors (Lipinski definition) is 0. The summed E-state index contributed by atoms with van der Waals surface area (Å²) in [4.78, 5) is 31.9. The average molecular weight is 452 g/mol. The van der Waals surface area contributed by atoms with Crippen molar-refractivity contribution in [2.45, 2.75) is 13.0 Å². The lowest BCUT2D eigenvalue weighted by Gasteiger charge is -2.39. The number of morpholine rings is 1. The van der Waals surface area contributed by atoms with E-state index in [0.29, 0.717) is 49.8 Å². The van der Waals surface area contributed by atoms with E-state index in [9.17, 15) is 9.59 Å². The molecule has 0 spiro atoms. The Kier molecular flexibility index (Phi) is 6.20. The molecule has 0 aromatic heterocycles. The van der Waals surface area contributed by atoms with Gasteiger partial charge in [-0.1, -0.05) is 17.7 Å². The van der Waals surface area contributed by atoms with Crippen LogP contribution >= 0.6 is 0 Å². The number of nitrogens with zero attached hydrogens (tertiary/aromatic N) is 3. The standard InChI is InChI=1S/C25H29N3O5/c1-18-2-4-19(5-3-18)24(29)27-10-8-26(9-11-27)15-21-16-28(12-13-31-21)25(30)20-6-7-22-23(14-20)33-17-32-22/h2-7,14,21H,8-13,15-17H2,1H3/t21-/m0/s1. The van der Waals surface area contributed by atoms with Crippen molar-refractivity contribution in [3.8, 4) is 11.5 Å². The summed E-state index contributed by atoms with van der Waals surface area (Å²) in [6.07, 6.45) is -0.0453. The molecule has 0 bridgehead atoms. The summed E-state index contributed by atoms with van der Waals surface area (Å²) in [7, 11) is 0. The predicted octanol–water partition coefficient (Wildman–Crippen LogP) is 2.02. The molecule has 2 aromatic carbocycles. The van der Waals surface area contributed by atoms with E-state index in [2.05, 4.69) is 4.90 Å². The first-order valence-electron chi connectivity index (χ1n) is 11.5. The van der Waals surface area contributed by atoms with E-state index in [1.807, 2.05) is 41.0 Å². The molecule has 2 saturated heterocycles. The lowest BCUT2D eigenvalue weighted by molar-refractivity contribution is -0.0400. The molecule has 174 valence electrons. The molecule has 0 N–H and O–H groups in total. The zero-order chi connectivity index (χ0) is 22.8. The SMILES string of the molecule is Cc1ccc(C(=O)N2CCN(C[C@H]3CN(C(=O)c4ccc5c(c4)OCO5)CCO3)CC2)cc1. The van der Waals surface area contributed by atoms with E-state index in [1.165, 1.54) is 0 Å². The number of amides is 2. The molecule has 0 radical (unpaired) electrons. The largest absolute Gasteiger partial charge is 0.454 e. The molecule has 3 heterocycles. The van der Waals surface area contributed by atoms with Crippen LogP contribution in [-0.4, -0.2) is 91.8 Å². The number of carbonyl (C=O) groups is 2. The van der Waals surface area contributed by atoms with Crippen molar-refractivity contribution in [3.63, 3.8) is 0 Å². The van der Waals surface area contributed by atoms with E-state index < -0.39 is 0 Å². The number of ether oxygens (including phenoxy) is 3. The van der Waals surface area contributed by atoms with Gasteiger partial charge < -0.3 is 24.0 Å². The van der Waals surface area contributed by atoms with E-state index in [0.717, 1.165) is 30.8 Å². The molecule has 2 amide bonds. The first-order chi connectivity index (χ1) is 16.1. The molecule has 0 saturated carbocycles. The zero-order valence-corrected chi connectivity index (χ0v) is 18.9. The van der Waals surface area contributed by atoms with Gasteiger partial charge in [-0.05, 0) is 37.3 Å². The van der Waals surface area contributed by atoms with Crippen LogP contribution in [0.2, 0.25) is 0 Å². The zero-order valence-electron chi connectivity index (χ0n) is 18.9. The molecule has 1 atom stereocenters. The van der Waals surface area contributed by atoms with Gasteiger partial charge in [-0.15, -0.1) is 0 Å². The number of rotatable bonds is 4. The van der Waals surface area contributed by atoms with Gasteiger partial charge in [0.05, 0.1) is 12.7 Å². The number of benzene rings is 2. The Morgan fingerprint density at radius 3 is 2.33 bits per heavy atom. The highest BCUT2D eigenvalue weighted by Crippen LogP contribution is 2.33. The lowest BCUT2D eigenvalue weighted by atomic mass is 10.1. The monoisotopic (exact) mass is 451 g/mol. The maximum atomic E-state index is 13.0. The van der Waals surface area contributed by atoms with Crippen LogP contribution in [0, 0.1) is 6.92 Å². The molecule has 0 aliphatic carbocycles. The van der Waals surface area contributed by atoms with Crippen LogP contribution in [0.5, 0.6) is 11.5 Å². The second-order valence-corrected chi connectivity index (χ2v) is 8.77. The van der Waals surface area contributed by atoms with Crippen LogP contribution in [0.4, 0.5) is 0 Å². The van der Waals surface area contributed by atoms with Crippen LogP contribution in [-0.2, 0) is 4.74 Å². The van der Waals surface area contributed by atoms with Gasteiger partial charge in [0.1, 0.15) is 0 Å². The molecule has 3 aliphatic heterocycles. The van der Waals surface area contributed by atoms with Crippen molar-refractivity contribution in [3.05, 3.63) is 59.2 Å². The summed E-state index contributed by atoms with van der Waals surface area (Å²) >= 11 is 0. The predicted molar refractivity (Wildman–Crippen MR) is 122 cm³/mol. The molecule has 2 fully saturated rings. The van der Waals surface area contributed by atoms with Gasteiger partial charge in [0.15, 0.2) is 11.5 Å². The molecule has 5 rings (SSSR count). The first-order valence-corrected chi connectivity index (χ1v) is 11.5. The van der Waals surface area contributed by atoms with E-state index >= 15 is 0 Å². The minimum Gasteiger partial charge on any atom is -0.454 e. The fourth-order valence-corrected chi connectivity index (χ4v) is 4.53. The Labute approximate surface area is 193 Å². The molecule has 8 heteroatoms. The van der Waals surface area contributed by atoms with Crippen LogP contribution < -0.4 is 9.47 Å². The van der Waals surface area contributed by atoms with Crippen LogP contribution in [0.15, 0.2) is 42.5 Å². The quantitative estimate of drug-likeness (QED) is 0.709. The number of fused-ring (bicyclic) bond motifs is 1. The van der Waals surface area contributed by atoms with Gasteiger partial charge in [-0.3, -0.25) is 14.5 Å². The third kappa shape index (κ3) is 4.82. The molecule has 3 aliphatic rings. The van der Waals surface area contributed by atoms with Crippen LogP contribution in [0.25, 0.3) is 0 Å². The highest BCUT2D eigenvalue weighted by atomic mass is 16.7. The van der Waals surface area contributed by atoms with Gasteiger partial charge in [-0.25, -0.2) is 0 Å². The Balaban J connectivity index is 1.13. The Morgan fingerprint density at radius 2 is 1.55 bits per heavy atom. The van der Waals surface area contributed by atoms with Crippen LogP contribution in [0.1, 0.15) is 26.3 Å². The molecular weight excluding hydrogens is 422 g/mol. The normalized spacial score (nSPS) is 20.7. The van der Waals surface area contributed by atoms with E-state index in [1.54, 1.807) is 18.2 Å². The fraction of sp³-hybridized carbons (Fsp3) is 0.440. The van der Waals surface area contributed by atoms with Gasteiger partial charge >= 0.3 is 0 Å². The summed E-state index contributed by atoms with van der Waals surface area (Å²) in [5.74, 6) is 1.36. The van der Waals surface area contributed by atoms with Crippen molar-refractivity contribution in [2.24, 2.45) is 0 Å². The van der Waals surface area contributed by atoms with Crippen molar-refractivity contribution in [1.82, 2.24) is 14.7 Å². The minimum absolute atomic E-state index is 0.0184. The second-order valence-electron chi connectivity index (χ2n) is 8.77. The second kappa shape index (κ2) is 9.41. The maximum Gasteiger partial charge on any atom is 0.254 e. The van der Waals surface area contributed by atoms with Gasteiger partial charge in [-0.2, -0.15) is 0 Å². The van der Waals surface area contributed by atoms with E-state index in [4.69, 9.17) is 14.2 Å². The lowest BCUT2D eigenvalue weighted by Crippen LogP contribution is -2.54. The summed E-state index contributed by atoms with van der Waals surface area (Å²) in [5, 5.41) is 0. The van der Waals surface area contributed by atoms with Gasteiger partial charge in [0, 0.05) is 56.9 Å².